The van der Waals surface area contributed by atoms with Crippen molar-refractivity contribution in [3.63, 3.8) is 0 Å². The normalized spacial score (nSPS) is 12.8. The summed E-state index contributed by atoms with van der Waals surface area (Å²) in [5.74, 6) is 1.77. The van der Waals surface area contributed by atoms with E-state index in [0.29, 0.717) is 0 Å². The van der Waals surface area contributed by atoms with Crippen LogP contribution in [0.25, 0.3) is 77.2 Å². The highest BCUT2D eigenvalue weighted by atomic mass is 16.5. The van der Waals surface area contributed by atoms with Crippen molar-refractivity contribution in [2.45, 2.75) is 0 Å². The highest BCUT2D eigenvalue weighted by Crippen LogP contribution is 2.47. The first-order chi connectivity index (χ1) is 29.3. The molecular weight excluding hydrogens is 717 g/mol. The van der Waals surface area contributed by atoms with Gasteiger partial charge in [-0.25, -0.2) is 0 Å². The number of rotatable bonds is 4. The Kier molecular flexibility index (Phi) is 6.78. The summed E-state index contributed by atoms with van der Waals surface area (Å²) in [5, 5.41) is 4.99. The van der Waals surface area contributed by atoms with Gasteiger partial charge in [-0.05, 0) is 89.4 Å². The topological polar surface area (TPSA) is 22.3 Å². The summed E-state index contributed by atoms with van der Waals surface area (Å²) in [6.45, 7) is -0.116. The Morgan fingerprint density at radius 2 is 0.915 bits per heavy atom. The van der Waals surface area contributed by atoms with E-state index in [1.807, 2.05) is 0 Å². The standard InChI is InChI=1S/C54H34BN3O/c1-2-16-36(17-3-1)58-51-34-37(56-47-25-11-5-19-39(47)40-20-6-12-26-48(40)56)30-31-43(51)44-32-35(33-53-54(44)55(58)45-23-9-15-29-52(45)59-53)38-18-4-10-24-46(38)57-49-27-13-7-21-41(49)42-22-8-14-28-50(42)57/h1-34H. The van der Waals surface area contributed by atoms with Crippen molar-refractivity contribution in [3.8, 4) is 45.1 Å². The van der Waals surface area contributed by atoms with Gasteiger partial charge in [0.1, 0.15) is 11.5 Å². The minimum absolute atomic E-state index is 0.116. The third-order valence-corrected chi connectivity index (χ3v) is 12.5. The van der Waals surface area contributed by atoms with E-state index in [1.54, 1.807) is 0 Å². The Balaban J connectivity index is 1.10. The van der Waals surface area contributed by atoms with Crippen molar-refractivity contribution >= 4 is 72.8 Å². The van der Waals surface area contributed by atoms with E-state index in [2.05, 4.69) is 220 Å². The molecule has 274 valence electrons. The fourth-order valence-electron chi connectivity index (χ4n) is 10.1. The number of fused-ring (bicyclic) bond motifs is 10. The Hall–Kier alpha value is -7.76. The number of nitrogens with zero attached hydrogens (tertiary/aromatic N) is 3. The number of hydrogen-bond donors (Lipinski definition) is 0. The predicted octanol–water partition coefficient (Wildman–Crippen LogP) is 12.6. The zero-order valence-electron chi connectivity index (χ0n) is 32.0. The van der Waals surface area contributed by atoms with E-state index in [4.69, 9.17) is 4.74 Å². The van der Waals surface area contributed by atoms with Gasteiger partial charge in [-0.3, -0.25) is 0 Å². The number of benzene rings is 9. The molecule has 0 fully saturated rings. The third-order valence-electron chi connectivity index (χ3n) is 12.5. The van der Waals surface area contributed by atoms with Crippen LogP contribution >= 0.6 is 0 Å². The van der Waals surface area contributed by atoms with Gasteiger partial charge in [-0.1, -0.05) is 133 Å². The van der Waals surface area contributed by atoms with Crippen molar-refractivity contribution in [2.24, 2.45) is 0 Å². The molecule has 0 saturated carbocycles. The quantitative estimate of drug-likeness (QED) is 0.167. The number of para-hydroxylation sites is 7. The molecule has 4 nitrogen and oxygen atoms in total. The van der Waals surface area contributed by atoms with Crippen LogP contribution in [0.1, 0.15) is 0 Å². The highest BCUT2D eigenvalue weighted by molar-refractivity contribution is 6.92. The summed E-state index contributed by atoms with van der Waals surface area (Å²) in [6, 6.07) is 74.9. The van der Waals surface area contributed by atoms with Gasteiger partial charge in [-0.2, -0.15) is 0 Å². The Labute approximate surface area is 341 Å². The fraction of sp³-hybridized carbons (Fsp3) is 0. The lowest BCUT2D eigenvalue weighted by Gasteiger charge is -2.42. The second kappa shape index (κ2) is 12.4. The van der Waals surface area contributed by atoms with Crippen LogP contribution in [0, 0.1) is 0 Å². The molecule has 0 saturated heterocycles. The van der Waals surface area contributed by atoms with Crippen molar-refractivity contribution in [3.05, 3.63) is 206 Å². The van der Waals surface area contributed by atoms with E-state index < -0.39 is 0 Å². The molecule has 2 aliphatic heterocycles. The lowest BCUT2D eigenvalue weighted by atomic mass is 9.44. The van der Waals surface area contributed by atoms with Crippen molar-refractivity contribution in [2.75, 3.05) is 4.81 Å². The largest absolute Gasteiger partial charge is 0.458 e. The van der Waals surface area contributed by atoms with Crippen molar-refractivity contribution in [1.82, 2.24) is 9.13 Å². The first kappa shape index (κ1) is 32.3. The lowest BCUT2D eigenvalue weighted by molar-refractivity contribution is 0.487. The van der Waals surface area contributed by atoms with Gasteiger partial charge >= 0.3 is 6.85 Å². The molecule has 5 heteroatoms. The van der Waals surface area contributed by atoms with Gasteiger partial charge in [0, 0.05) is 55.2 Å². The second-order valence-corrected chi connectivity index (χ2v) is 15.6. The van der Waals surface area contributed by atoms with Gasteiger partial charge in [0.25, 0.3) is 0 Å². The third kappa shape index (κ3) is 4.61. The Morgan fingerprint density at radius 1 is 0.356 bits per heavy atom. The summed E-state index contributed by atoms with van der Waals surface area (Å²) in [6.07, 6.45) is 0. The summed E-state index contributed by atoms with van der Waals surface area (Å²) in [7, 11) is 0. The molecule has 4 heterocycles. The average molecular weight is 752 g/mol. The van der Waals surface area contributed by atoms with Gasteiger partial charge in [0.15, 0.2) is 0 Å². The summed E-state index contributed by atoms with van der Waals surface area (Å²) in [4.78, 5) is 2.53. The average Bonchev–Trinajstić information content (AvgIpc) is 3.82. The molecule has 0 radical (unpaired) electrons. The van der Waals surface area contributed by atoms with Crippen LogP contribution in [0.2, 0.25) is 0 Å². The monoisotopic (exact) mass is 751 g/mol. The number of ether oxygens (including phenoxy) is 1. The number of aromatic nitrogens is 2. The van der Waals surface area contributed by atoms with E-state index in [9.17, 15) is 0 Å². The lowest BCUT2D eigenvalue weighted by Crippen LogP contribution is -2.59. The molecular formula is C54H34BN3O. The molecule has 0 N–H and O–H groups in total. The molecule has 0 unspecified atom stereocenters. The molecule has 0 atom stereocenters. The minimum atomic E-state index is -0.116. The fourth-order valence-corrected chi connectivity index (χ4v) is 10.1. The molecule has 59 heavy (non-hydrogen) atoms. The minimum Gasteiger partial charge on any atom is -0.458 e. The van der Waals surface area contributed by atoms with Crippen LogP contribution in [0.5, 0.6) is 11.5 Å². The molecule has 0 spiro atoms. The zero-order chi connectivity index (χ0) is 38.6. The first-order valence-electron chi connectivity index (χ1n) is 20.3. The molecule has 0 aliphatic carbocycles. The molecule has 2 aromatic heterocycles. The van der Waals surface area contributed by atoms with Gasteiger partial charge in [-0.15, -0.1) is 0 Å². The van der Waals surface area contributed by atoms with E-state index in [0.717, 1.165) is 50.8 Å². The van der Waals surface area contributed by atoms with Crippen LogP contribution in [-0.4, -0.2) is 16.0 Å². The Bertz CT molecular complexity index is 3400. The van der Waals surface area contributed by atoms with Crippen LogP contribution < -0.4 is 20.5 Å². The maximum absolute atomic E-state index is 7.00. The van der Waals surface area contributed by atoms with Crippen LogP contribution in [0.15, 0.2) is 206 Å². The van der Waals surface area contributed by atoms with Crippen molar-refractivity contribution in [1.29, 1.82) is 0 Å². The molecule has 11 aromatic rings. The summed E-state index contributed by atoms with van der Waals surface area (Å²) >= 11 is 0. The Morgan fingerprint density at radius 3 is 1.59 bits per heavy atom. The van der Waals surface area contributed by atoms with Crippen LogP contribution in [0.4, 0.5) is 11.4 Å². The maximum atomic E-state index is 7.00. The second-order valence-electron chi connectivity index (χ2n) is 15.6. The van der Waals surface area contributed by atoms with Crippen molar-refractivity contribution < 1.29 is 4.74 Å². The van der Waals surface area contributed by atoms with E-state index >= 15 is 0 Å². The van der Waals surface area contributed by atoms with Crippen LogP contribution in [0.3, 0.4) is 0 Å². The SMILES string of the molecule is c1ccc(N2B3c4ccccc4Oc4cc(-c5ccccc5-n5c6ccccc6c6ccccc65)cc(c43)-c3ccc(-n4c5ccccc5c5ccccc54)cc32)cc1. The summed E-state index contributed by atoms with van der Waals surface area (Å²) in [5.41, 5.74) is 16.3. The molecule has 0 amide bonds. The van der Waals surface area contributed by atoms with E-state index in [1.165, 1.54) is 60.2 Å². The highest BCUT2D eigenvalue weighted by Gasteiger charge is 2.44. The number of hydrogen-bond acceptors (Lipinski definition) is 2. The summed E-state index contributed by atoms with van der Waals surface area (Å²) < 4.78 is 11.8. The maximum Gasteiger partial charge on any atom is 0.336 e. The van der Waals surface area contributed by atoms with Gasteiger partial charge in [0.05, 0.1) is 27.8 Å². The molecule has 13 rings (SSSR count). The molecule has 0 bridgehead atoms. The smallest absolute Gasteiger partial charge is 0.336 e. The predicted molar refractivity (Wildman–Crippen MR) is 246 cm³/mol. The van der Waals surface area contributed by atoms with E-state index in [-0.39, 0.29) is 6.85 Å². The zero-order valence-corrected chi connectivity index (χ0v) is 32.0. The molecule has 9 aromatic carbocycles. The first-order valence-corrected chi connectivity index (χ1v) is 20.3. The van der Waals surface area contributed by atoms with Crippen LogP contribution in [-0.2, 0) is 0 Å². The van der Waals surface area contributed by atoms with Gasteiger partial charge < -0.3 is 18.7 Å². The van der Waals surface area contributed by atoms with Gasteiger partial charge in [0.2, 0.25) is 0 Å². The number of anilines is 2. The molecule has 2 aliphatic rings.